The first-order valence-electron chi connectivity index (χ1n) is 7.07. The molecule has 0 aromatic rings. The smallest absolute Gasteiger partial charge is 0.222 e. The summed E-state index contributed by atoms with van der Waals surface area (Å²) in [5, 5.41) is 3.28. The molecular formula is C13H25N3O. The van der Waals surface area contributed by atoms with Crippen LogP contribution in [0, 0.1) is 0 Å². The van der Waals surface area contributed by atoms with Crippen LogP contribution < -0.4 is 5.32 Å². The number of piperidine rings is 1. The van der Waals surface area contributed by atoms with E-state index in [2.05, 4.69) is 10.2 Å². The Kier molecular flexibility index (Phi) is 5.26. The molecule has 0 radical (unpaired) electrons. The number of amides is 1. The summed E-state index contributed by atoms with van der Waals surface area (Å²) in [7, 11) is 0. The Hall–Kier alpha value is -0.610. The van der Waals surface area contributed by atoms with Crippen molar-refractivity contribution in [2.75, 3.05) is 45.8 Å². The van der Waals surface area contributed by atoms with Gasteiger partial charge in [-0.25, -0.2) is 0 Å². The Morgan fingerprint density at radius 2 is 1.71 bits per heavy atom. The predicted octanol–water partition coefficient (Wildman–Crippen LogP) is 0.684. The Bertz CT molecular complexity index is 233. The van der Waals surface area contributed by atoms with Gasteiger partial charge in [0.2, 0.25) is 5.91 Å². The molecule has 2 aliphatic heterocycles. The lowest BCUT2D eigenvalue weighted by atomic mass is 10.1. The van der Waals surface area contributed by atoms with Crippen LogP contribution in [-0.4, -0.2) is 61.5 Å². The molecule has 0 bridgehead atoms. The first kappa shape index (κ1) is 12.8. The lowest BCUT2D eigenvalue weighted by Crippen LogP contribution is -2.46. The van der Waals surface area contributed by atoms with E-state index in [4.69, 9.17) is 0 Å². The first-order valence-corrected chi connectivity index (χ1v) is 7.07. The number of carbonyl (C=O) groups excluding carboxylic acids is 1. The molecule has 0 unspecified atom stereocenters. The van der Waals surface area contributed by atoms with Crippen molar-refractivity contribution < 1.29 is 4.79 Å². The average molecular weight is 239 g/mol. The molecule has 0 atom stereocenters. The maximum atomic E-state index is 11.9. The number of nitrogens with one attached hydrogen (secondary N) is 1. The Labute approximate surface area is 104 Å². The Balaban J connectivity index is 1.58. The van der Waals surface area contributed by atoms with Gasteiger partial charge in [-0.3, -0.25) is 4.79 Å². The zero-order valence-electron chi connectivity index (χ0n) is 10.8. The second-order valence-corrected chi connectivity index (χ2v) is 5.14. The van der Waals surface area contributed by atoms with Crippen molar-refractivity contribution in [3.05, 3.63) is 0 Å². The standard InChI is InChI=1S/C13H25N3O/c17-13(16-11-6-14-7-12-16)5-4-10-15-8-2-1-3-9-15/h14H,1-12H2. The maximum Gasteiger partial charge on any atom is 0.222 e. The van der Waals surface area contributed by atoms with Gasteiger partial charge in [0.15, 0.2) is 0 Å². The molecule has 0 spiro atoms. The first-order chi connectivity index (χ1) is 8.36. The quantitative estimate of drug-likeness (QED) is 0.784. The highest BCUT2D eigenvalue weighted by atomic mass is 16.2. The number of likely N-dealkylation sites (tertiary alicyclic amines) is 1. The molecule has 0 aliphatic carbocycles. The highest BCUT2D eigenvalue weighted by Crippen LogP contribution is 2.10. The highest BCUT2D eigenvalue weighted by molar-refractivity contribution is 5.76. The van der Waals surface area contributed by atoms with Crippen LogP contribution in [0.15, 0.2) is 0 Å². The molecule has 2 fully saturated rings. The van der Waals surface area contributed by atoms with Crippen LogP contribution in [0.5, 0.6) is 0 Å². The number of piperazine rings is 1. The third kappa shape index (κ3) is 4.28. The molecule has 1 N–H and O–H groups in total. The second kappa shape index (κ2) is 6.97. The van der Waals surface area contributed by atoms with Crippen LogP contribution in [0.1, 0.15) is 32.1 Å². The van der Waals surface area contributed by atoms with Crippen LogP contribution in [0.25, 0.3) is 0 Å². The lowest BCUT2D eigenvalue weighted by Gasteiger charge is -2.29. The molecule has 2 aliphatic rings. The van der Waals surface area contributed by atoms with Gasteiger partial charge in [0, 0.05) is 32.6 Å². The SMILES string of the molecule is O=C(CCCN1CCCCC1)N1CCNCC1. The predicted molar refractivity (Wildman–Crippen MR) is 69.0 cm³/mol. The number of hydrogen-bond acceptors (Lipinski definition) is 3. The zero-order valence-corrected chi connectivity index (χ0v) is 10.8. The van der Waals surface area contributed by atoms with E-state index in [0.29, 0.717) is 5.91 Å². The fourth-order valence-corrected chi connectivity index (χ4v) is 2.71. The summed E-state index contributed by atoms with van der Waals surface area (Å²) in [6, 6.07) is 0. The fraction of sp³-hybridized carbons (Fsp3) is 0.923. The van der Waals surface area contributed by atoms with Gasteiger partial charge in [-0.15, -0.1) is 0 Å². The minimum absolute atomic E-state index is 0.350. The molecule has 0 aromatic carbocycles. The van der Waals surface area contributed by atoms with Gasteiger partial charge in [0.05, 0.1) is 0 Å². The molecule has 0 aromatic heterocycles. The highest BCUT2D eigenvalue weighted by Gasteiger charge is 2.16. The van der Waals surface area contributed by atoms with Gasteiger partial charge in [-0.05, 0) is 38.9 Å². The van der Waals surface area contributed by atoms with E-state index < -0.39 is 0 Å². The van der Waals surface area contributed by atoms with Crippen LogP contribution in [0.2, 0.25) is 0 Å². The molecule has 4 nitrogen and oxygen atoms in total. The van der Waals surface area contributed by atoms with Crippen molar-refractivity contribution in [1.29, 1.82) is 0 Å². The van der Waals surface area contributed by atoms with Crippen LogP contribution in [0.3, 0.4) is 0 Å². The summed E-state index contributed by atoms with van der Waals surface area (Å²) >= 11 is 0. The zero-order chi connectivity index (χ0) is 11.9. The summed E-state index contributed by atoms with van der Waals surface area (Å²) in [6.45, 7) is 7.28. The molecule has 1 amide bonds. The lowest BCUT2D eigenvalue weighted by molar-refractivity contribution is -0.131. The molecule has 2 saturated heterocycles. The Morgan fingerprint density at radius 1 is 1.00 bits per heavy atom. The van der Waals surface area contributed by atoms with Crippen molar-refractivity contribution in [3.63, 3.8) is 0 Å². The maximum absolute atomic E-state index is 11.9. The largest absolute Gasteiger partial charge is 0.340 e. The van der Waals surface area contributed by atoms with E-state index in [-0.39, 0.29) is 0 Å². The fourth-order valence-electron chi connectivity index (χ4n) is 2.71. The third-order valence-electron chi connectivity index (χ3n) is 3.78. The van der Waals surface area contributed by atoms with E-state index in [0.717, 1.165) is 45.6 Å². The van der Waals surface area contributed by atoms with Crippen molar-refractivity contribution >= 4 is 5.91 Å². The summed E-state index contributed by atoms with van der Waals surface area (Å²) in [5.41, 5.74) is 0. The summed E-state index contributed by atoms with van der Waals surface area (Å²) < 4.78 is 0. The van der Waals surface area contributed by atoms with Crippen LogP contribution in [-0.2, 0) is 4.79 Å². The van der Waals surface area contributed by atoms with Gasteiger partial charge < -0.3 is 15.1 Å². The van der Waals surface area contributed by atoms with Crippen molar-refractivity contribution in [2.45, 2.75) is 32.1 Å². The molecule has 4 heteroatoms. The number of carbonyl (C=O) groups is 1. The summed E-state index contributed by atoms with van der Waals surface area (Å²) in [5.74, 6) is 0.350. The minimum atomic E-state index is 0.350. The second-order valence-electron chi connectivity index (χ2n) is 5.14. The van der Waals surface area contributed by atoms with E-state index >= 15 is 0 Å². The number of rotatable bonds is 4. The van der Waals surface area contributed by atoms with E-state index in [9.17, 15) is 4.79 Å². The molecule has 2 heterocycles. The van der Waals surface area contributed by atoms with Gasteiger partial charge in [0.25, 0.3) is 0 Å². The van der Waals surface area contributed by atoms with Crippen molar-refractivity contribution in [3.8, 4) is 0 Å². The third-order valence-corrected chi connectivity index (χ3v) is 3.78. The van der Waals surface area contributed by atoms with E-state index in [1.807, 2.05) is 4.90 Å². The van der Waals surface area contributed by atoms with E-state index in [1.54, 1.807) is 0 Å². The van der Waals surface area contributed by atoms with Gasteiger partial charge in [0.1, 0.15) is 0 Å². The van der Waals surface area contributed by atoms with Crippen LogP contribution in [0.4, 0.5) is 0 Å². The normalized spacial score (nSPS) is 22.7. The monoisotopic (exact) mass is 239 g/mol. The van der Waals surface area contributed by atoms with Gasteiger partial charge in [-0.2, -0.15) is 0 Å². The average Bonchev–Trinajstić information content (AvgIpc) is 2.41. The van der Waals surface area contributed by atoms with Crippen molar-refractivity contribution in [1.82, 2.24) is 15.1 Å². The van der Waals surface area contributed by atoms with E-state index in [1.165, 1.54) is 32.4 Å². The van der Waals surface area contributed by atoms with Crippen LogP contribution >= 0.6 is 0 Å². The molecule has 2 rings (SSSR count). The molecular weight excluding hydrogens is 214 g/mol. The van der Waals surface area contributed by atoms with Gasteiger partial charge >= 0.3 is 0 Å². The summed E-state index contributed by atoms with van der Waals surface area (Å²) in [4.78, 5) is 16.4. The molecule has 17 heavy (non-hydrogen) atoms. The van der Waals surface area contributed by atoms with Crippen molar-refractivity contribution in [2.24, 2.45) is 0 Å². The minimum Gasteiger partial charge on any atom is -0.340 e. The summed E-state index contributed by atoms with van der Waals surface area (Å²) in [6.07, 6.45) is 5.83. The van der Waals surface area contributed by atoms with Gasteiger partial charge in [-0.1, -0.05) is 6.42 Å². The molecule has 98 valence electrons. The number of hydrogen-bond donors (Lipinski definition) is 1. The Morgan fingerprint density at radius 3 is 2.41 bits per heavy atom. The molecule has 0 saturated carbocycles. The number of nitrogens with zero attached hydrogens (tertiary/aromatic N) is 2. The topological polar surface area (TPSA) is 35.6 Å².